The lowest BCUT2D eigenvalue weighted by Gasteiger charge is -2.34. The molecule has 1 aliphatic rings. The molecule has 1 atom stereocenters. The van der Waals surface area contributed by atoms with E-state index in [0.29, 0.717) is 48.1 Å². The van der Waals surface area contributed by atoms with Crippen molar-refractivity contribution in [2.45, 2.75) is 31.7 Å². The molecule has 1 fully saturated rings. The number of carboxylic acid groups (broad SMARTS) is 3. The molecule has 0 bridgehead atoms. The van der Waals surface area contributed by atoms with Gasteiger partial charge in [0.2, 0.25) is 5.91 Å². The molecule has 1 amide bonds. The summed E-state index contributed by atoms with van der Waals surface area (Å²) < 4.78 is 0. The lowest BCUT2D eigenvalue weighted by atomic mass is 9.94. The lowest BCUT2D eigenvalue weighted by molar-refractivity contribution is -0.146. The first-order chi connectivity index (χ1) is 14.3. The largest absolute Gasteiger partial charge is 0.481 e. The fourth-order valence-corrected chi connectivity index (χ4v) is 3.79. The Morgan fingerprint density at radius 1 is 1.10 bits per heavy atom. The number of carbonyl (C=O) groups excluding carboxylic acids is 1. The van der Waals surface area contributed by atoms with Crippen LogP contribution in [-0.4, -0.2) is 62.1 Å². The van der Waals surface area contributed by atoms with Gasteiger partial charge in [0.1, 0.15) is 6.04 Å². The predicted molar refractivity (Wildman–Crippen MR) is 106 cm³/mol. The van der Waals surface area contributed by atoms with E-state index in [2.05, 4.69) is 10.3 Å². The van der Waals surface area contributed by atoms with Crippen LogP contribution in [-0.2, 0) is 19.2 Å². The molecule has 0 radical (unpaired) electrons. The number of rotatable bonds is 8. The van der Waals surface area contributed by atoms with E-state index >= 15 is 0 Å². The number of aromatic nitrogens is 1. The summed E-state index contributed by atoms with van der Waals surface area (Å²) in [4.78, 5) is 50.4. The molecule has 2 aromatic rings. The number of aromatic amines is 1. The average molecular weight is 417 g/mol. The predicted octanol–water partition coefficient (Wildman–Crippen LogP) is 1.89. The molecular weight excluding hydrogens is 394 g/mol. The van der Waals surface area contributed by atoms with E-state index in [1.807, 2.05) is 0 Å². The van der Waals surface area contributed by atoms with E-state index in [1.54, 1.807) is 29.3 Å². The number of aliphatic carboxylic acids is 3. The topological polar surface area (TPSA) is 160 Å². The molecular formula is C20H23N3O7. The molecule has 1 aliphatic heterocycles. The normalized spacial score (nSPS) is 16.3. The fraction of sp³-hybridized carbons (Fsp3) is 0.400. The number of hydrogen-bond acceptors (Lipinski definition) is 5. The molecule has 1 aromatic heterocycles. The van der Waals surface area contributed by atoms with Gasteiger partial charge in [0, 0.05) is 47.9 Å². The van der Waals surface area contributed by atoms with Crippen molar-refractivity contribution in [3.63, 3.8) is 0 Å². The number of hydrogen-bond donors (Lipinski definition) is 5. The number of carboxylic acids is 3. The van der Waals surface area contributed by atoms with Gasteiger partial charge in [-0.3, -0.25) is 24.1 Å². The molecule has 0 spiro atoms. The first-order valence-electron chi connectivity index (χ1n) is 9.58. The number of piperidine rings is 1. The number of fused-ring (bicyclic) bond motifs is 1. The van der Waals surface area contributed by atoms with Crippen molar-refractivity contribution in [2.24, 2.45) is 5.92 Å². The van der Waals surface area contributed by atoms with Crippen LogP contribution in [0.4, 0.5) is 5.69 Å². The monoisotopic (exact) mass is 417 g/mol. The van der Waals surface area contributed by atoms with Crippen molar-refractivity contribution in [3.8, 4) is 0 Å². The zero-order chi connectivity index (χ0) is 21.8. The summed E-state index contributed by atoms with van der Waals surface area (Å²) in [6.45, 7) is 0.747. The average Bonchev–Trinajstić information content (AvgIpc) is 3.09. The molecule has 1 saturated heterocycles. The van der Waals surface area contributed by atoms with Crippen molar-refractivity contribution in [2.75, 3.05) is 18.4 Å². The molecule has 30 heavy (non-hydrogen) atoms. The van der Waals surface area contributed by atoms with Crippen LogP contribution in [0.2, 0.25) is 0 Å². The van der Waals surface area contributed by atoms with Crippen molar-refractivity contribution in [1.82, 2.24) is 9.88 Å². The number of H-pyrrole nitrogens is 1. The highest BCUT2D eigenvalue weighted by Crippen LogP contribution is 2.33. The highest BCUT2D eigenvalue weighted by molar-refractivity contribution is 5.96. The van der Waals surface area contributed by atoms with E-state index in [4.69, 9.17) is 10.2 Å². The summed E-state index contributed by atoms with van der Waals surface area (Å²) in [7, 11) is 0. The highest BCUT2D eigenvalue weighted by atomic mass is 16.4. The summed E-state index contributed by atoms with van der Waals surface area (Å²) in [5.74, 6) is -3.80. The number of amides is 1. The van der Waals surface area contributed by atoms with Crippen molar-refractivity contribution >= 4 is 40.4 Å². The van der Waals surface area contributed by atoms with Gasteiger partial charge in [-0.1, -0.05) is 6.07 Å². The summed E-state index contributed by atoms with van der Waals surface area (Å²) in [6.07, 6.45) is 2.00. The summed E-state index contributed by atoms with van der Waals surface area (Å²) in [6, 6.07) is 4.08. The third-order valence-corrected chi connectivity index (χ3v) is 5.34. The SMILES string of the molecule is O=C(O)CCC(=O)Nc1ccc2c(C(C(=O)O)N3CCC(C(=O)O)CC3)c[nH]c2c1. The maximum atomic E-state index is 12.0. The molecule has 2 heterocycles. The van der Waals surface area contributed by atoms with Gasteiger partial charge in [-0.2, -0.15) is 0 Å². The minimum absolute atomic E-state index is 0.142. The standard InChI is InChI=1S/C20H23N3O7/c24-16(3-4-17(25)26)22-12-1-2-13-14(10-21-15(13)9-12)18(20(29)30)23-7-5-11(6-8-23)19(27)28/h1-2,9-11,18,21H,3-8H2,(H,22,24)(H,25,26)(H,27,28)(H,29,30). The van der Waals surface area contributed by atoms with E-state index < -0.39 is 35.8 Å². The number of likely N-dealkylation sites (tertiary alicyclic amines) is 1. The molecule has 10 heteroatoms. The maximum Gasteiger partial charge on any atom is 0.325 e. The molecule has 0 saturated carbocycles. The Morgan fingerprint density at radius 3 is 2.40 bits per heavy atom. The van der Waals surface area contributed by atoms with Crippen LogP contribution in [0.3, 0.4) is 0 Å². The van der Waals surface area contributed by atoms with Crippen LogP contribution in [0.15, 0.2) is 24.4 Å². The van der Waals surface area contributed by atoms with Crippen LogP contribution in [0.25, 0.3) is 10.9 Å². The quantitative estimate of drug-likeness (QED) is 0.435. The summed E-state index contributed by atoms with van der Waals surface area (Å²) >= 11 is 0. The number of benzene rings is 1. The zero-order valence-corrected chi connectivity index (χ0v) is 16.1. The Hall–Kier alpha value is -3.40. The minimum Gasteiger partial charge on any atom is -0.481 e. The van der Waals surface area contributed by atoms with Crippen LogP contribution in [0.1, 0.15) is 37.3 Å². The molecule has 5 N–H and O–H groups in total. The van der Waals surface area contributed by atoms with Crippen LogP contribution < -0.4 is 5.32 Å². The number of anilines is 1. The number of nitrogens with one attached hydrogen (secondary N) is 2. The Labute approximate surface area is 171 Å². The molecule has 1 unspecified atom stereocenters. The van der Waals surface area contributed by atoms with E-state index in [1.165, 1.54) is 0 Å². The second kappa shape index (κ2) is 8.95. The molecule has 10 nitrogen and oxygen atoms in total. The zero-order valence-electron chi connectivity index (χ0n) is 16.1. The van der Waals surface area contributed by atoms with Gasteiger partial charge in [-0.05, 0) is 25.0 Å². The van der Waals surface area contributed by atoms with Crippen LogP contribution >= 0.6 is 0 Å². The van der Waals surface area contributed by atoms with E-state index in [9.17, 15) is 24.3 Å². The Morgan fingerprint density at radius 2 is 1.80 bits per heavy atom. The molecule has 1 aromatic carbocycles. The smallest absolute Gasteiger partial charge is 0.325 e. The summed E-state index contributed by atoms with van der Waals surface area (Å²) in [5.41, 5.74) is 1.67. The van der Waals surface area contributed by atoms with Crippen LogP contribution in [0.5, 0.6) is 0 Å². The van der Waals surface area contributed by atoms with E-state index in [0.717, 1.165) is 0 Å². The lowest BCUT2D eigenvalue weighted by Crippen LogP contribution is -2.41. The summed E-state index contributed by atoms with van der Waals surface area (Å²) in [5, 5.41) is 30.9. The van der Waals surface area contributed by atoms with Gasteiger partial charge >= 0.3 is 17.9 Å². The first-order valence-corrected chi connectivity index (χ1v) is 9.58. The minimum atomic E-state index is -1.05. The van der Waals surface area contributed by atoms with Crippen molar-refractivity contribution in [1.29, 1.82) is 0 Å². The van der Waals surface area contributed by atoms with Gasteiger partial charge in [0.25, 0.3) is 0 Å². The Balaban J connectivity index is 1.78. The van der Waals surface area contributed by atoms with Gasteiger partial charge in [-0.15, -0.1) is 0 Å². The highest BCUT2D eigenvalue weighted by Gasteiger charge is 2.34. The maximum absolute atomic E-state index is 12.0. The second-order valence-electron chi connectivity index (χ2n) is 7.34. The first kappa shape index (κ1) is 21.3. The Bertz CT molecular complexity index is 976. The third kappa shape index (κ3) is 4.77. The van der Waals surface area contributed by atoms with Gasteiger partial charge in [0.05, 0.1) is 12.3 Å². The van der Waals surface area contributed by atoms with Crippen LogP contribution in [0, 0.1) is 5.92 Å². The Kier molecular flexibility index (Phi) is 6.36. The van der Waals surface area contributed by atoms with Gasteiger partial charge in [0.15, 0.2) is 0 Å². The molecule has 0 aliphatic carbocycles. The number of nitrogens with zero attached hydrogens (tertiary/aromatic N) is 1. The van der Waals surface area contributed by atoms with E-state index in [-0.39, 0.29) is 12.8 Å². The van der Waals surface area contributed by atoms with Gasteiger partial charge < -0.3 is 25.6 Å². The second-order valence-corrected chi connectivity index (χ2v) is 7.34. The van der Waals surface area contributed by atoms with Crippen molar-refractivity contribution in [3.05, 3.63) is 30.0 Å². The fourth-order valence-electron chi connectivity index (χ4n) is 3.79. The van der Waals surface area contributed by atoms with Gasteiger partial charge in [-0.25, -0.2) is 0 Å². The number of carbonyl (C=O) groups is 4. The van der Waals surface area contributed by atoms with Crippen molar-refractivity contribution < 1.29 is 34.5 Å². The molecule has 3 rings (SSSR count). The molecule has 160 valence electrons. The third-order valence-electron chi connectivity index (χ3n) is 5.34.